The number of amides is 2. The number of carbonyl (C=O) groups is 2. The second-order valence-electron chi connectivity index (χ2n) is 8.12. The van der Waals surface area contributed by atoms with Crippen molar-refractivity contribution >= 4 is 28.6 Å². The molecular weight excluding hydrogens is 410 g/mol. The van der Waals surface area contributed by atoms with Crippen LogP contribution in [0.15, 0.2) is 39.8 Å². The summed E-state index contributed by atoms with van der Waals surface area (Å²) in [5.74, 6) is 0.957. The standard InChI is InChI=1S/C23H27N5O4/c1-15(29)25-20-13-17(5-7-24-20)21-19(32-18-6-10-26(3)23(31)22(18)21)14-27-8-4-9-28(12-11-27)16(2)30/h5-7,10,13H,4,8-9,11-12,14H2,1-3H3,(H,24,25,29). The van der Waals surface area contributed by atoms with E-state index in [1.165, 1.54) is 11.5 Å². The van der Waals surface area contributed by atoms with E-state index in [-0.39, 0.29) is 17.4 Å². The van der Waals surface area contributed by atoms with Gasteiger partial charge in [-0.05, 0) is 30.2 Å². The molecule has 3 aromatic rings. The van der Waals surface area contributed by atoms with Crippen LogP contribution in [0.4, 0.5) is 5.82 Å². The van der Waals surface area contributed by atoms with Gasteiger partial charge in [0.25, 0.3) is 5.56 Å². The average molecular weight is 438 g/mol. The predicted octanol–water partition coefficient (Wildman–Crippen LogP) is 2.21. The molecule has 0 bridgehead atoms. The number of pyridine rings is 2. The zero-order valence-corrected chi connectivity index (χ0v) is 18.6. The lowest BCUT2D eigenvalue weighted by Gasteiger charge is -2.20. The van der Waals surface area contributed by atoms with Crippen molar-refractivity contribution in [2.24, 2.45) is 7.05 Å². The predicted molar refractivity (Wildman–Crippen MR) is 121 cm³/mol. The van der Waals surface area contributed by atoms with Crippen LogP contribution in [-0.4, -0.2) is 57.3 Å². The maximum atomic E-state index is 13.0. The Labute approximate surface area is 185 Å². The van der Waals surface area contributed by atoms with Gasteiger partial charge in [0.15, 0.2) is 0 Å². The van der Waals surface area contributed by atoms with Crippen LogP contribution in [0.2, 0.25) is 0 Å². The van der Waals surface area contributed by atoms with Crippen LogP contribution in [0.3, 0.4) is 0 Å². The SMILES string of the molecule is CC(=O)Nc1cc(-c2c(CN3CCCN(C(C)=O)CC3)oc3ccn(C)c(=O)c23)ccn1. The Kier molecular flexibility index (Phi) is 6.09. The Bertz CT molecular complexity index is 1230. The number of anilines is 1. The summed E-state index contributed by atoms with van der Waals surface area (Å²) in [6.45, 7) is 6.48. The molecule has 2 amide bonds. The molecule has 32 heavy (non-hydrogen) atoms. The first-order valence-electron chi connectivity index (χ1n) is 10.7. The fraction of sp³-hybridized carbons (Fsp3) is 0.391. The van der Waals surface area contributed by atoms with E-state index in [0.717, 1.165) is 31.6 Å². The van der Waals surface area contributed by atoms with E-state index in [9.17, 15) is 14.4 Å². The first-order valence-corrected chi connectivity index (χ1v) is 10.7. The van der Waals surface area contributed by atoms with Crippen molar-refractivity contribution in [3.05, 3.63) is 46.7 Å². The maximum absolute atomic E-state index is 13.0. The van der Waals surface area contributed by atoms with Crippen molar-refractivity contribution in [3.8, 4) is 11.1 Å². The fourth-order valence-corrected chi connectivity index (χ4v) is 4.15. The van der Waals surface area contributed by atoms with Gasteiger partial charge in [0.1, 0.15) is 17.2 Å². The summed E-state index contributed by atoms with van der Waals surface area (Å²) in [5.41, 5.74) is 1.84. The van der Waals surface area contributed by atoms with Crippen LogP contribution in [0.5, 0.6) is 0 Å². The fourth-order valence-electron chi connectivity index (χ4n) is 4.15. The summed E-state index contributed by atoms with van der Waals surface area (Å²) in [6, 6.07) is 5.35. The molecule has 0 saturated carbocycles. The van der Waals surface area contributed by atoms with Gasteiger partial charge < -0.3 is 19.2 Å². The Morgan fingerprint density at radius 3 is 2.72 bits per heavy atom. The monoisotopic (exact) mass is 437 g/mol. The zero-order chi connectivity index (χ0) is 22.8. The maximum Gasteiger partial charge on any atom is 0.262 e. The van der Waals surface area contributed by atoms with Crippen LogP contribution in [0, 0.1) is 0 Å². The summed E-state index contributed by atoms with van der Waals surface area (Å²) in [5, 5.41) is 3.20. The molecule has 0 spiro atoms. The number of hydrogen-bond donors (Lipinski definition) is 1. The highest BCUT2D eigenvalue weighted by atomic mass is 16.3. The molecule has 0 radical (unpaired) electrons. The number of furan rings is 1. The molecule has 9 heteroatoms. The molecule has 0 atom stereocenters. The highest BCUT2D eigenvalue weighted by molar-refractivity contribution is 5.96. The summed E-state index contributed by atoms with van der Waals surface area (Å²) >= 11 is 0. The van der Waals surface area contributed by atoms with Crippen molar-refractivity contribution in [2.75, 3.05) is 31.5 Å². The number of nitrogens with zero attached hydrogens (tertiary/aromatic N) is 4. The van der Waals surface area contributed by atoms with Crippen LogP contribution < -0.4 is 10.9 Å². The molecule has 168 valence electrons. The van der Waals surface area contributed by atoms with E-state index in [1.807, 2.05) is 11.0 Å². The molecule has 1 saturated heterocycles. The Morgan fingerprint density at radius 1 is 1.16 bits per heavy atom. The summed E-state index contributed by atoms with van der Waals surface area (Å²) < 4.78 is 7.71. The van der Waals surface area contributed by atoms with Crippen molar-refractivity contribution in [1.82, 2.24) is 19.4 Å². The lowest BCUT2D eigenvalue weighted by Crippen LogP contribution is -2.33. The zero-order valence-electron chi connectivity index (χ0n) is 18.6. The molecule has 1 aliphatic rings. The van der Waals surface area contributed by atoms with Crippen molar-refractivity contribution in [1.29, 1.82) is 0 Å². The van der Waals surface area contributed by atoms with Gasteiger partial charge >= 0.3 is 0 Å². The molecule has 1 aliphatic heterocycles. The largest absolute Gasteiger partial charge is 0.459 e. The number of rotatable bonds is 4. The lowest BCUT2D eigenvalue weighted by atomic mass is 10.0. The second kappa shape index (κ2) is 8.96. The van der Waals surface area contributed by atoms with Crippen LogP contribution in [-0.2, 0) is 23.2 Å². The Hall–Kier alpha value is -3.46. The van der Waals surface area contributed by atoms with Crippen LogP contribution >= 0.6 is 0 Å². The van der Waals surface area contributed by atoms with E-state index < -0.39 is 0 Å². The number of carbonyl (C=O) groups excluding carboxylic acids is 2. The molecule has 4 rings (SSSR count). The molecule has 9 nitrogen and oxygen atoms in total. The molecule has 0 aliphatic carbocycles. The number of aromatic nitrogens is 2. The first kappa shape index (κ1) is 21.8. The van der Waals surface area contributed by atoms with E-state index >= 15 is 0 Å². The van der Waals surface area contributed by atoms with Gasteiger partial charge in [0.05, 0.1) is 11.9 Å². The number of hydrogen-bond acceptors (Lipinski definition) is 6. The molecule has 1 N–H and O–H groups in total. The van der Waals surface area contributed by atoms with Gasteiger partial charge in [-0.15, -0.1) is 0 Å². The van der Waals surface area contributed by atoms with Gasteiger partial charge in [-0.25, -0.2) is 4.98 Å². The number of nitrogens with one attached hydrogen (secondary N) is 1. The highest BCUT2D eigenvalue weighted by Gasteiger charge is 2.23. The van der Waals surface area contributed by atoms with Crippen molar-refractivity contribution in [2.45, 2.75) is 26.8 Å². The molecule has 1 fully saturated rings. The summed E-state index contributed by atoms with van der Waals surface area (Å²) in [6.07, 6.45) is 4.17. The molecule has 4 heterocycles. The van der Waals surface area contributed by atoms with Gasteiger partial charge in [0, 0.05) is 65.0 Å². The van der Waals surface area contributed by atoms with Crippen molar-refractivity contribution < 1.29 is 14.0 Å². The minimum atomic E-state index is -0.220. The van der Waals surface area contributed by atoms with Crippen molar-refractivity contribution in [3.63, 3.8) is 0 Å². The third-order valence-corrected chi connectivity index (χ3v) is 5.75. The minimum Gasteiger partial charge on any atom is -0.459 e. The average Bonchev–Trinajstić information content (AvgIpc) is 2.93. The lowest BCUT2D eigenvalue weighted by molar-refractivity contribution is -0.128. The Morgan fingerprint density at radius 2 is 1.97 bits per heavy atom. The van der Waals surface area contributed by atoms with Gasteiger partial charge in [-0.3, -0.25) is 19.3 Å². The van der Waals surface area contributed by atoms with Crippen LogP contribution in [0.1, 0.15) is 26.0 Å². The van der Waals surface area contributed by atoms with Crippen LogP contribution in [0.25, 0.3) is 22.1 Å². The highest BCUT2D eigenvalue weighted by Crippen LogP contribution is 2.34. The van der Waals surface area contributed by atoms with Gasteiger partial charge in [0.2, 0.25) is 11.8 Å². The van der Waals surface area contributed by atoms with E-state index in [1.54, 1.807) is 38.5 Å². The van der Waals surface area contributed by atoms with Gasteiger partial charge in [-0.2, -0.15) is 0 Å². The molecule has 0 unspecified atom stereocenters. The smallest absolute Gasteiger partial charge is 0.262 e. The number of fused-ring (bicyclic) bond motifs is 1. The van der Waals surface area contributed by atoms with E-state index in [4.69, 9.17) is 4.42 Å². The summed E-state index contributed by atoms with van der Waals surface area (Å²) in [4.78, 5) is 44.6. The molecule has 0 aromatic carbocycles. The Balaban J connectivity index is 1.77. The molecular formula is C23H27N5O4. The molecule has 3 aromatic heterocycles. The second-order valence-corrected chi connectivity index (χ2v) is 8.12. The third-order valence-electron chi connectivity index (χ3n) is 5.75. The first-order chi connectivity index (χ1) is 15.3. The topological polar surface area (TPSA) is 101 Å². The number of aryl methyl sites for hydroxylation is 1. The van der Waals surface area contributed by atoms with E-state index in [0.29, 0.717) is 41.2 Å². The van der Waals surface area contributed by atoms with Gasteiger partial charge in [-0.1, -0.05) is 0 Å². The van der Waals surface area contributed by atoms with E-state index in [2.05, 4.69) is 15.2 Å². The minimum absolute atomic E-state index is 0.0852. The quantitative estimate of drug-likeness (QED) is 0.672. The third kappa shape index (κ3) is 4.43. The normalized spacial score (nSPS) is 15.0. The summed E-state index contributed by atoms with van der Waals surface area (Å²) in [7, 11) is 1.71.